The van der Waals surface area contributed by atoms with Crippen LogP contribution in [0, 0.1) is 10.8 Å². The van der Waals surface area contributed by atoms with E-state index in [4.69, 9.17) is 39.5 Å². The van der Waals surface area contributed by atoms with Crippen LogP contribution in [0.15, 0.2) is 58.9 Å². The molecule has 1 aliphatic heterocycles. The molecule has 0 atom stereocenters. The SMILES string of the molecule is CCCN1C2=C(C(=O)CC(C)(C)C2)C(c2cc(Cl)c(OCC(=O)Nc3ccc(Cl)cc3)c(Cl)c2)C2=C1CC(C)(C)CC2=O. The normalized spacial score (nSPS) is 19.8. The van der Waals surface area contributed by atoms with Gasteiger partial charge >= 0.3 is 0 Å². The van der Waals surface area contributed by atoms with E-state index in [0.717, 1.165) is 37.2 Å². The molecule has 1 N–H and O–H groups in total. The third-order valence-corrected chi connectivity index (χ3v) is 9.11. The number of ketones is 2. The highest BCUT2D eigenvalue weighted by Gasteiger charge is 2.49. The summed E-state index contributed by atoms with van der Waals surface area (Å²) in [5.41, 5.74) is 4.20. The number of nitrogens with zero attached hydrogens (tertiary/aromatic N) is 1. The molecule has 9 heteroatoms. The van der Waals surface area contributed by atoms with E-state index in [1.807, 2.05) is 0 Å². The summed E-state index contributed by atoms with van der Waals surface area (Å²) in [6.07, 6.45) is 3.16. The van der Waals surface area contributed by atoms with Crippen molar-refractivity contribution in [3.05, 3.63) is 79.6 Å². The second-order valence-electron chi connectivity index (χ2n) is 13.3. The van der Waals surface area contributed by atoms with Crippen molar-refractivity contribution >= 4 is 58.0 Å². The van der Waals surface area contributed by atoms with Crippen molar-refractivity contribution < 1.29 is 19.1 Å². The zero-order valence-corrected chi connectivity index (χ0v) is 27.5. The van der Waals surface area contributed by atoms with E-state index >= 15 is 0 Å². The van der Waals surface area contributed by atoms with Crippen LogP contribution in [0.1, 0.15) is 78.2 Å². The molecule has 2 aromatic rings. The van der Waals surface area contributed by atoms with Crippen LogP contribution in [-0.4, -0.2) is 35.5 Å². The number of carbonyl (C=O) groups is 3. The monoisotopic (exact) mass is 642 g/mol. The zero-order valence-electron chi connectivity index (χ0n) is 25.2. The number of halogens is 3. The smallest absolute Gasteiger partial charge is 0.262 e. The van der Waals surface area contributed by atoms with Crippen molar-refractivity contribution in [2.24, 2.45) is 10.8 Å². The summed E-state index contributed by atoms with van der Waals surface area (Å²) in [7, 11) is 0. The number of rotatable bonds is 7. The lowest BCUT2D eigenvalue weighted by Crippen LogP contribution is -2.44. The van der Waals surface area contributed by atoms with Gasteiger partial charge in [-0.3, -0.25) is 14.4 Å². The van der Waals surface area contributed by atoms with Gasteiger partial charge < -0.3 is 15.0 Å². The van der Waals surface area contributed by atoms with E-state index in [1.165, 1.54) is 0 Å². The average molecular weight is 644 g/mol. The molecular formula is C34H37Cl3N2O4. The Morgan fingerprint density at radius 2 is 1.40 bits per heavy atom. The lowest BCUT2D eigenvalue weighted by Gasteiger charge is -2.49. The van der Waals surface area contributed by atoms with Crippen LogP contribution in [0.25, 0.3) is 0 Å². The fourth-order valence-electron chi connectivity index (χ4n) is 6.63. The van der Waals surface area contributed by atoms with Gasteiger partial charge in [0.15, 0.2) is 23.9 Å². The number of carbonyl (C=O) groups excluding carboxylic acids is 3. The maximum atomic E-state index is 13.9. The number of anilines is 1. The highest BCUT2D eigenvalue weighted by Crippen LogP contribution is 2.55. The first-order valence-corrected chi connectivity index (χ1v) is 15.8. The lowest BCUT2D eigenvalue weighted by atomic mass is 9.63. The van der Waals surface area contributed by atoms with Crippen molar-refractivity contribution in [2.45, 2.75) is 72.6 Å². The molecular weight excluding hydrogens is 607 g/mol. The van der Waals surface area contributed by atoms with E-state index in [2.05, 4.69) is 44.8 Å². The van der Waals surface area contributed by atoms with Gasteiger partial charge in [-0.05, 0) is 72.1 Å². The first-order valence-electron chi connectivity index (χ1n) is 14.7. The second-order valence-corrected chi connectivity index (χ2v) is 14.6. The third-order valence-electron chi connectivity index (χ3n) is 8.30. The first-order chi connectivity index (χ1) is 20.2. The molecule has 2 aromatic carbocycles. The quantitative estimate of drug-likeness (QED) is 0.327. The van der Waals surface area contributed by atoms with Gasteiger partial charge in [-0.1, -0.05) is 69.4 Å². The average Bonchev–Trinajstić information content (AvgIpc) is 2.89. The fourth-order valence-corrected chi connectivity index (χ4v) is 7.37. The Hall–Kier alpha value is -2.80. The standard InChI is InChI=1S/C34H37Cl3N2O4/c1-6-11-39-24-14-33(2,3)16-26(40)30(24)29(31-25(39)15-34(4,5)17-27(31)41)19-12-22(36)32(23(37)13-19)43-18-28(42)38-21-9-7-20(35)8-10-21/h7-10,12-13,29H,6,11,14-18H2,1-5H3,(H,38,42). The molecule has 1 amide bonds. The summed E-state index contributed by atoms with van der Waals surface area (Å²) in [4.78, 5) is 42.6. The predicted molar refractivity (Wildman–Crippen MR) is 172 cm³/mol. The molecule has 43 heavy (non-hydrogen) atoms. The number of benzene rings is 2. The van der Waals surface area contributed by atoms with Crippen LogP contribution >= 0.6 is 34.8 Å². The topological polar surface area (TPSA) is 75.7 Å². The molecule has 0 bridgehead atoms. The number of nitrogens with one attached hydrogen (secondary N) is 1. The minimum Gasteiger partial charge on any atom is -0.481 e. The number of hydrogen-bond acceptors (Lipinski definition) is 5. The van der Waals surface area contributed by atoms with Crippen LogP contribution in [0.4, 0.5) is 5.69 Å². The minimum atomic E-state index is -0.567. The summed E-state index contributed by atoms with van der Waals surface area (Å²) in [6.45, 7) is 11.0. The number of allylic oxidation sites excluding steroid dienone is 4. The molecule has 0 fully saturated rings. The van der Waals surface area contributed by atoms with Gasteiger partial charge in [0.05, 0.1) is 10.0 Å². The molecule has 0 spiro atoms. The first kappa shape index (κ1) is 31.6. The molecule has 3 aliphatic rings. The summed E-state index contributed by atoms with van der Waals surface area (Å²) in [6, 6.07) is 10.2. The maximum Gasteiger partial charge on any atom is 0.262 e. The summed E-state index contributed by atoms with van der Waals surface area (Å²) < 4.78 is 5.76. The summed E-state index contributed by atoms with van der Waals surface area (Å²) in [5, 5.41) is 3.71. The maximum absolute atomic E-state index is 13.9. The van der Waals surface area contributed by atoms with Gasteiger partial charge in [0.25, 0.3) is 5.91 Å². The van der Waals surface area contributed by atoms with Gasteiger partial charge in [0, 0.05) is 58.6 Å². The molecule has 0 saturated carbocycles. The third kappa shape index (κ3) is 6.52. The van der Waals surface area contributed by atoms with E-state index in [-0.39, 0.29) is 44.8 Å². The van der Waals surface area contributed by atoms with Gasteiger partial charge in [-0.25, -0.2) is 0 Å². The van der Waals surface area contributed by atoms with Crippen molar-refractivity contribution in [2.75, 3.05) is 18.5 Å². The molecule has 0 saturated heterocycles. The highest BCUT2D eigenvalue weighted by atomic mass is 35.5. The molecule has 0 aromatic heterocycles. The van der Waals surface area contributed by atoms with Crippen molar-refractivity contribution in [3.8, 4) is 5.75 Å². The van der Waals surface area contributed by atoms with Gasteiger partial charge in [-0.2, -0.15) is 0 Å². The largest absolute Gasteiger partial charge is 0.481 e. The van der Waals surface area contributed by atoms with Crippen LogP contribution in [-0.2, 0) is 14.4 Å². The van der Waals surface area contributed by atoms with Crippen LogP contribution < -0.4 is 10.1 Å². The van der Waals surface area contributed by atoms with Crippen molar-refractivity contribution in [1.29, 1.82) is 0 Å². The number of Topliss-reactive ketones (excluding diaryl/α,β-unsaturated/α-hetero) is 2. The van der Waals surface area contributed by atoms with E-state index in [1.54, 1.807) is 36.4 Å². The second kappa shape index (κ2) is 11.9. The van der Waals surface area contributed by atoms with Crippen LogP contribution in [0.5, 0.6) is 5.75 Å². The van der Waals surface area contributed by atoms with Gasteiger partial charge in [0.1, 0.15) is 0 Å². The van der Waals surface area contributed by atoms with Crippen LogP contribution in [0.3, 0.4) is 0 Å². The summed E-state index contributed by atoms with van der Waals surface area (Å²) >= 11 is 19.4. The van der Waals surface area contributed by atoms with Gasteiger partial charge in [-0.15, -0.1) is 0 Å². The molecule has 0 radical (unpaired) electrons. The Balaban J connectivity index is 1.53. The lowest BCUT2D eigenvalue weighted by molar-refractivity contribution is -0.120. The summed E-state index contributed by atoms with van der Waals surface area (Å²) in [5.74, 6) is -0.696. The molecule has 6 nitrogen and oxygen atoms in total. The Bertz CT molecular complexity index is 1480. The van der Waals surface area contributed by atoms with E-state index in [0.29, 0.717) is 40.3 Å². The molecule has 0 unspecified atom stereocenters. The van der Waals surface area contributed by atoms with Crippen molar-refractivity contribution in [3.63, 3.8) is 0 Å². The minimum absolute atomic E-state index is 0.0491. The number of amides is 1. The molecule has 5 rings (SSSR count). The Labute approximate surface area is 268 Å². The van der Waals surface area contributed by atoms with E-state index in [9.17, 15) is 14.4 Å². The van der Waals surface area contributed by atoms with Gasteiger partial charge in [0.2, 0.25) is 0 Å². The van der Waals surface area contributed by atoms with E-state index < -0.39 is 11.8 Å². The molecule has 2 aliphatic carbocycles. The molecule has 228 valence electrons. The zero-order chi connectivity index (χ0) is 31.3. The van der Waals surface area contributed by atoms with Crippen LogP contribution in [0.2, 0.25) is 15.1 Å². The molecule has 1 heterocycles. The number of hydrogen-bond donors (Lipinski definition) is 1. The fraction of sp³-hybridized carbons (Fsp3) is 0.441. The number of ether oxygens (including phenoxy) is 1. The Kier molecular flexibility index (Phi) is 8.78. The predicted octanol–water partition coefficient (Wildman–Crippen LogP) is 8.76. The Morgan fingerprint density at radius 3 is 1.88 bits per heavy atom. The highest BCUT2D eigenvalue weighted by molar-refractivity contribution is 6.37. The Morgan fingerprint density at radius 1 is 0.884 bits per heavy atom. The van der Waals surface area contributed by atoms with Crippen molar-refractivity contribution in [1.82, 2.24) is 4.90 Å².